The van der Waals surface area contributed by atoms with Crippen molar-refractivity contribution >= 4 is 22.5 Å². The molecule has 4 rings (SSSR count). The van der Waals surface area contributed by atoms with Gasteiger partial charge in [0.15, 0.2) is 0 Å². The Hall–Kier alpha value is -3.74. The lowest BCUT2D eigenvalue weighted by molar-refractivity contribution is -0.137. The molecule has 0 saturated heterocycles. The van der Waals surface area contributed by atoms with Crippen LogP contribution in [-0.4, -0.2) is 15.9 Å². The second kappa shape index (κ2) is 7.94. The number of halogens is 3. The molecule has 0 radical (unpaired) electrons. The molecular formula is C23H16F3N3O. The number of aromatic nitrogens is 2. The van der Waals surface area contributed by atoms with Crippen LogP contribution < -0.4 is 5.32 Å². The highest BCUT2D eigenvalue weighted by Gasteiger charge is 2.33. The van der Waals surface area contributed by atoms with Crippen molar-refractivity contribution in [2.24, 2.45) is 0 Å². The van der Waals surface area contributed by atoms with Crippen molar-refractivity contribution in [2.45, 2.75) is 12.6 Å². The summed E-state index contributed by atoms with van der Waals surface area (Å²) in [6.07, 6.45) is -1.32. The number of fused-ring (bicyclic) bond motifs is 1. The smallest absolute Gasteiger partial charge is 0.324 e. The number of hydrogen-bond donors (Lipinski definition) is 1. The standard InChI is InChI=1S/C23H16F3N3O/c24-23(25,26)19-9-2-1-8-18(19)20-11-10-15-5-3-6-16(22(15)29-20)13-21(30)28-17-7-4-12-27-14-17/h1-12,14H,13H2,(H,28,30). The summed E-state index contributed by atoms with van der Waals surface area (Å²) in [5.41, 5.74) is 1.14. The lowest BCUT2D eigenvalue weighted by Gasteiger charge is -2.13. The monoisotopic (exact) mass is 407 g/mol. The zero-order valence-corrected chi connectivity index (χ0v) is 15.6. The molecule has 0 saturated carbocycles. The van der Waals surface area contributed by atoms with Crippen molar-refractivity contribution in [3.8, 4) is 11.3 Å². The van der Waals surface area contributed by atoms with Crippen LogP contribution in [0, 0.1) is 0 Å². The molecule has 1 N–H and O–H groups in total. The number of hydrogen-bond acceptors (Lipinski definition) is 3. The molecule has 1 amide bonds. The van der Waals surface area contributed by atoms with E-state index < -0.39 is 11.7 Å². The first kappa shape index (κ1) is 19.6. The minimum atomic E-state index is -4.49. The number of nitrogens with one attached hydrogen (secondary N) is 1. The molecule has 0 bridgehead atoms. The molecule has 30 heavy (non-hydrogen) atoms. The molecule has 0 aliphatic rings. The molecule has 4 aromatic rings. The van der Waals surface area contributed by atoms with Crippen molar-refractivity contribution in [2.75, 3.05) is 5.32 Å². The number of amides is 1. The highest BCUT2D eigenvalue weighted by molar-refractivity contribution is 5.95. The van der Waals surface area contributed by atoms with Gasteiger partial charge in [-0.2, -0.15) is 13.2 Å². The Balaban J connectivity index is 1.71. The van der Waals surface area contributed by atoms with Crippen LogP contribution in [0.4, 0.5) is 18.9 Å². The Morgan fingerprint density at radius 1 is 0.933 bits per heavy atom. The summed E-state index contributed by atoms with van der Waals surface area (Å²) in [6.45, 7) is 0. The summed E-state index contributed by atoms with van der Waals surface area (Å²) in [5, 5.41) is 3.50. The van der Waals surface area contributed by atoms with Gasteiger partial charge in [-0.3, -0.25) is 9.78 Å². The maximum absolute atomic E-state index is 13.4. The van der Waals surface area contributed by atoms with Gasteiger partial charge in [0, 0.05) is 17.1 Å². The fourth-order valence-corrected chi connectivity index (χ4v) is 3.27. The third-order valence-corrected chi connectivity index (χ3v) is 4.61. The van der Waals surface area contributed by atoms with Gasteiger partial charge >= 0.3 is 6.18 Å². The van der Waals surface area contributed by atoms with E-state index in [1.165, 1.54) is 18.3 Å². The largest absolute Gasteiger partial charge is 0.417 e. The summed E-state index contributed by atoms with van der Waals surface area (Å²) >= 11 is 0. The van der Waals surface area contributed by atoms with Gasteiger partial charge < -0.3 is 5.32 Å². The Bertz CT molecular complexity index is 1210. The number of benzene rings is 2. The van der Waals surface area contributed by atoms with E-state index in [1.54, 1.807) is 48.7 Å². The van der Waals surface area contributed by atoms with Crippen LogP contribution in [0.1, 0.15) is 11.1 Å². The summed E-state index contributed by atoms with van der Waals surface area (Å²) < 4.78 is 40.3. The predicted molar refractivity (Wildman–Crippen MR) is 109 cm³/mol. The van der Waals surface area contributed by atoms with Gasteiger partial charge in [-0.1, -0.05) is 42.5 Å². The topological polar surface area (TPSA) is 54.9 Å². The van der Waals surface area contributed by atoms with Crippen molar-refractivity contribution in [1.82, 2.24) is 9.97 Å². The first-order valence-corrected chi connectivity index (χ1v) is 9.17. The minimum absolute atomic E-state index is 0.00140. The number of anilines is 1. The third-order valence-electron chi connectivity index (χ3n) is 4.61. The van der Waals surface area contributed by atoms with Crippen LogP contribution >= 0.6 is 0 Å². The van der Waals surface area contributed by atoms with Crippen LogP contribution in [-0.2, 0) is 17.4 Å². The van der Waals surface area contributed by atoms with Gasteiger partial charge in [-0.05, 0) is 29.8 Å². The van der Waals surface area contributed by atoms with Gasteiger partial charge in [0.05, 0.1) is 35.1 Å². The second-order valence-electron chi connectivity index (χ2n) is 6.70. The average molecular weight is 407 g/mol. The third kappa shape index (κ3) is 4.15. The lowest BCUT2D eigenvalue weighted by atomic mass is 10.0. The molecule has 0 aliphatic heterocycles. The molecule has 0 spiro atoms. The first-order chi connectivity index (χ1) is 14.4. The van der Waals surface area contributed by atoms with E-state index in [0.717, 1.165) is 11.5 Å². The molecule has 7 heteroatoms. The van der Waals surface area contributed by atoms with Crippen LogP contribution in [0.15, 0.2) is 79.1 Å². The lowest BCUT2D eigenvalue weighted by Crippen LogP contribution is -2.15. The minimum Gasteiger partial charge on any atom is -0.324 e. The quantitative estimate of drug-likeness (QED) is 0.486. The van der Waals surface area contributed by atoms with Crippen molar-refractivity contribution in [3.63, 3.8) is 0 Å². The number of nitrogens with zero attached hydrogens (tertiary/aromatic N) is 2. The molecular weight excluding hydrogens is 391 g/mol. The van der Waals surface area contributed by atoms with Gasteiger partial charge in [0.25, 0.3) is 0 Å². The van der Waals surface area contributed by atoms with Crippen LogP contribution in [0.2, 0.25) is 0 Å². The fraction of sp³-hybridized carbons (Fsp3) is 0.0870. The SMILES string of the molecule is O=C(Cc1cccc2ccc(-c3ccccc3C(F)(F)F)nc12)Nc1cccnc1. The Kier molecular flexibility index (Phi) is 5.18. The van der Waals surface area contributed by atoms with Crippen LogP contribution in [0.3, 0.4) is 0 Å². The molecule has 0 aliphatic carbocycles. The maximum Gasteiger partial charge on any atom is 0.417 e. The maximum atomic E-state index is 13.4. The van der Waals surface area contributed by atoms with Gasteiger partial charge in [-0.15, -0.1) is 0 Å². The normalized spacial score (nSPS) is 11.4. The van der Waals surface area contributed by atoms with Crippen molar-refractivity contribution in [3.05, 3.63) is 90.3 Å². The summed E-state index contributed by atoms with van der Waals surface area (Å²) in [4.78, 5) is 20.9. The van der Waals surface area contributed by atoms with Crippen LogP contribution in [0.5, 0.6) is 0 Å². The zero-order chi connectivity index (χ0) is 21.1. The average Bonchev–Trinajstić information content (AvgIpc) is 2.74. The molecule has 0 fully saturated rings. The van der Waals surface area contributed by atoms with Gasteiger partial charge in [-0.25, -0.2) is 4.98 Å². The van der Waals surface area contributed by atoms with Crippen LogP contribution in [0.25, 0.3) is 22.2 Å². The predicted octanol–water partition coefficient (Wildman–Crippen LogP) is 5.50. The molecule has 150 valence electrons. The van der Waals surface area contributed by atoms with E-state index in [4.69, 9.17) is 0 Å². The fourth-order valence-electron chi connectivity index (χ4n) is 3.27. The van der Waals surface area contributed by atoms with Crippen molar-refractivity contribution < 1.29 is 18.0 Å². The highest BCUT2D eigenvalue weighted by atomic mass is 19.4. The van der Waals surface area contributed by atoms with E-state index >= 15 is 0 Å². The molecule has 4 nitrogen and oxygen atoms in total. The second-order valence-corrected chi connectivity index (χ2v) is 6.70. The number of pyridine rings is 2. The molecule has 2 aromatic heterocycles. The molecule has 0 unspecified atom stereocenters. The van der Waals surface area contributed by atoms with Gasteiger partial charge in [0.2, 0.25) is 5.91 Å². The molecule has 2 aromatic carbocycles. The Morgan fingerprint density at radius 3 is 2.53 bits per heavy atom. The van der Waals surface area contributed by atoms with E-state index in [9.17, 15) is 18.0 Å². The Morgan fingerprint density at radius 2 is 1.77 bits per heavy atom. The number of carbonyl (C=O) groups is 1. The van der Waals surface area contributed by atoms with Gasteiger partial charge in [0.1, 0.15) is 0 Å². The number of alkyl halides is 3. The van der Waals surface area contributed by atoms with E-state index in [0.29, 0.717) is 16.8 Å². The molecule has 0 atom stereocenters. The van der Waals surface area contributed by atoms with Crippen molar-refractivity contribution in [1.29, 1.82) is 0 Å². The summed E-state index contributed by atoms with van der Waals surface area (Å²) in [5.74, 6) is -0.265. The van der Waals surface area contributed by atoms with E-state index in [2.05, 4.69) is 15.3 Å². The van der Waals surface area contributed by atoms with E-state index in [1.807, 2.05) is 6.07 Å². The number of rotatable bonds is 4. The zero-order valence-electron chi connectivity index (χ0n) is 15.6. The molecule has 2 heterocycles. The van der Waals surface area contributed by atoms with E-state index in [-0.39, 0.29) is 23.6 Å². The first-order valence-electron chi connectivity index (χ1n) is 9.17. The Labute approximate surface area is 170 Å². The summed E-state index contributed by atoms with van der Waals surface area (Å²) in [6, 6.07) is 17.4. The number of para-hydroxylation sites is 1. The number of carbonyl (C=O) groups excluding carboxylic acids is 1. The highest BCUT2D eigenvalue weighted by Crippen LogP contribution is 2.36. The summed E-state index contributed by atoms with van der Waals surface area (Å²) in [7, 11) is 0.